The Labute approximate surface area is 203 Å². The zero-order chi connectivity index (χ0) is 24.5. The van der Waals surface area contributed by atoms with Crippen molar-refractivity contribution in [3.05, 3.63) is 70.6 Å². The standard InChI is InChI=1S/C25H29N3O5S/c1-5-6-13-32-21-12-11-18(14-22(21)31-4)24(29)26-27-25(30)19-9-7-8-10-23(19)34-15-20-16(2)28-33-17(20)3/h7-12,14H,5-6,13,15H2,1-4H3,(H,26,29)(H,27,30). The minimum absolute atomic E-state index is 0.334. The van der Waals surface area contributed by atoms with E-state index in [1.807, 2.05) is 26.0 Å². The summed E-state index contributed by atoms with van der Waals surface area (Å²) < 4.78 is 16.3. The fourth-order valence-corrected chi connectivity index (χ4v) is 4.35. The molecule has 9 heteroatoms. The maximum Gasteiger partial charge on any atom is 0.270 e. The molecule has 0 saturated heterocycles. The van der Waals surface area contributed by atoms with E-state index >= 15 is 0 Å². The number of amides is 2. The highest BCUT2D eigenvalue weighted by atomic mass is 32.2. The summed E-state index contributed by atoms with van der Waals surface area (Å²) in [5, 5.41) is 3.97. The molecule has 3 aromatic rings. The van der Waals surface area contributed by atoms with Crippen molar-refractivity contribution < 1.29 is 23.6 Å². The van der Waals surface area contributed by atoms with Crippen molar-refractivity contribution in [2.75, 3.05) is 13.7 Å². The molecule has 0 fully saturated rings. The molecule has 2 amide bonds. The zero-order valence-corrected chi connectivity index (χ0v) is 20.6. The third kappa shape index (κ3) is 6.32. The fraction of sp³-hybridized carbons (Fsp3) is 0.320. The van der Waals surface area contributed by atoms with Gasteiger partial charge in [0.15, 0.2) is 11.5 Å². The Kier molecular flexibility index (Phi) is 8.98. The Morgan fingerprint density at radius 2 is 1.82 bits per heavy atom. The first kappa shape index (κ1) is 25.2. The highest BCUT2D eigenvalue weighted by Gasteiger charge is 2.16. The van der Waals surface area contributed by atoms with Crippen molar-refractivity contribution >= 4 is 23.6 Å². The van der Waals surface area contributed by atoms with Crippen LogP contribution in [0.1, 0.15) is 57.5 Å². The average Bonchev–Trinajstić information content (AvgIpc) is 3.18. The van der Waals surface area contributed by atoms with E-state index in [9.17, 15) is 9.59 Å². The third-order valence-electron chi connectivity index (χ3n) is 5.16. The predicted octanol–water partition coefficient (Wildman–Crippen LogP) is 4.85. The topological polar surface area (TPSA) is 103 Å². The van der Waals surface area contributed by atoms with Gasteiger partial charge in [-0.3, -0.25) is 20.4 Å². The van der Waals surface area contributed by atoms with Crippen molar-refractivity contribution in [1.82, 2.24) is 16.0 Å². The molecule has 0 spiro atoms. The van der Waals surface area contributed by atoms with Crippen LogP contribution in [0.2, 0.25) is 0 Å². The molecular weight excluding hydrogens is 454 g/mol. The average molecular weight is 484 g/mol. The van der Waals surface area contributed by atoms with Gasteiger partial charge in [-0.2, -0.15) is 0 Å². The van der Waals surface area contributed by atoms with Crippen molar-refractivity contribution in [2.24, 2.45) is 0 Å². The SMILES string of the molecule is CCCCOc1ccc(C(=O)NNC(=O)c2ccccc2SCc2c(C)noc2C)cc1OC. The Balaban J connectivity index is 1.63. The number of hydrogen-bond acceptors (Lipinski definition) is 7. The second-order valence-corrected chi connectivity index (χ2v) is 8.58. The van der Waals surface area contributed by atoms with Crippen LogP contribution in [-0.4, -0.2) is 30.7 Å². The summed E-state index contributed by atoms with van der Waals surface area (Å²) in [6, 6.07) is 12.1. The van der Waals surface area contributed by atoms with Gasteiger partial charge >= 0.3 is 0 Å². The molecule has 0 atom stereocenters. The van der Waals surface area contributed by atoms with Gasteiger partial charge in [-0.25, -0.2) is 0 Å². The van der Waals surface area contributed by atoms with Crippen LogP contribution in [0.3, 0.4) is 0 Å². The first-order valence-electron chi connectivity index (χ1n) is 11.0. The van der Waals surface area contributed by atoms with Gasteiger partial charge in [0.05, 0.1) is 25.0 Å². The smallest absolute Gasteiger partial charge is 0.270 e. The number of carbonyl (C=O) groups is 2. The molecule has 0 aliphatic carbocycles. The largest absolute Gasteiger partial charge is 0.493 e. The summed E-state index contributed by atoms with van der Waals surface area (Å²) in [6.45, 7) is 6.41. The molecule has 1 aromatic heterocycles. The number of carbonyl (C=O) groups excluding carboxylic acids is 2. The third-order valence-corrected chi connectivity index (χ3v) is 6.26. The summed E-state index contributed by atoms with van der Waals surface area (Å²) in [6.07, 6.45) is 1.94. The molecule has 0 bridgehead atoms. The number of rotatable bonds is 10. The summed E-state index contributed by atoms with van der Waals surface area (Å²) in [5.74, 6) is 1.52. The maximum atomic E-state index is 12.8. The molecule has 3 rings (SSSR count). The number of aromatic nitrogens is 1. The lowest BCUT2D eigenvalue weighted by Crippen LogP contribution is -2.41. The molecule has 180 valence electrons. The minimum Gasteiger partial charge on any atom is -0.493 e. The van der Waals surface area contributed by atoms with Crippen LogP contribution in [0.15, 0.2) is 51.9 Å². The number of aryl methyl sites for hydroxylation is 2. The number of nitrogens with one attached hydrogen (secondary N) is 2. The highest BCUT2D eigenvalue weighted by Crippen LogP contribution is 2.29. The van der Waals surface area contributed by atoms with E-state index in [4.69, 9.17) is 14.0 Å². The van der Waals surface area contributed by atoms with E-state index in [0.29, 0.717) is 35.0 Å². The molecule has 0 radical (unpaired) electrons. The van der Waals surface area contributed by atoms with Crippen LogP contribution >= 0.6 is 11.8 Å². The van der Waals surface area contributed by atoms with Crippen LogP contribution in [-0.2, 0) is 5.75 Å². The van der Waals surface area contributed by atoms with Gasteiger partial charge in [0.2, 0.25) is 0 Å². The van der Waals surface area contributed by atoms with E-state index in [1.54, 1.807) is 30.3 Å². The Morgan fingerprint density at radius 3 is 2.53 bits per heavy atom. The van der Waals surface area contributed by atoms with Crippen molar-refractivity contribution in [3.8, 4) is 11.5 Å². The van der Waals surface area contributed by atoms with Gasteiger partial charge in [-0.05, 0) is 50.6 Å². The van der Waals surface area contributed by atoms with E-state index < -0.39 is 11.8 Å². The van der Waals surface area contributed by atoms with E-state index in [-0.39, 0.29) is 0 Å². The van der Waals surface area contributed by atoms with Crippen molar-refractivity contribution in [3.63, 3.8) is 0 Å². The summed E-state index contributed by atoms with van der Waals surface area (Å²) in [5.41, 5.74) is 7.58. The number of benzene rings is 2. The lowest BCUT2D eigenvalue weighted by atomic mass is 10.2. The van der Waals surface area contributed by atoms with Gasteiger partial charge < -0.3 is 14.0 Å². The number of hydrazine groups is 1. The molecule has 0 aliphatic rings. The summed E-state index contributed by atoms with van der Waals surface area (Å²) >= 11 is 1.50. The number of methoxy groups -OCH3 is 1. The normalized spacial score (nSPS) is 10.6. The quantitative estimate of drug-likeness (QED) is 0.241. The second-order valence-electron chi connectivity index (χ2n) is 7.56. The van der Waals surface area contributed by atoms with Crippen molar-refractivity contribution in [2.45, 2.75) is 44.3 Å². The molecule has 0 aliphatic heterocycles. The van der Waals surface area contributed by atoms with Gasteiger partial charge in [0, 0.05) is 21.8 Å². The molecule has 1 heterocycles. The van der Waals surface area contributed by atoms with Gasteiger partial charge in [0.1, 0.15) is 5.76 Å². The lowest BCUT2D eigenvalue weighted by Gasteiger charge is -2.13. The van der Waals surface area contributed by atoms with E-state index in [2.05, 4.69) is 22.9 Å². The first-order chi connectivity index (χ1) is 16.4. The minimum atomic E-state index is -0.465. The van der Waals surface area contributed by atoms with E-state index in [0.717, 1.165) is 34.8 Å². The molecule has 2 aromatic carbocycles. The van der Waals surface area contributed by atoms with Crippen LogP contribution in [0, 0.1) is 13.8 Å². The lowest BCUT2D eigenvalue weighted by molar-refractivity contribution is 0.0845. The molecule has 0 saturated carbocycles. The van der Waals surface area contributed by atoms with Gasteiger partial charge in [0.25, 0.3) is 11.8 Å². The molecule has 34 heavy (non-hydrogen) atoms. The van der Waals surface area contributed by atoms with Crippen LogP contribution < -0.4 is 20.3 Å². The maximum absolute atomic E-state index is 12.8. The zero-order valence-electron chi connectivity index (χ0n) is 19.8. The van der Waals surface area contributed by atoms with Gasteiger partial charge in [-0.15, -0.1) is 11.8 Å². The summed E-state index contributed by atoms with van der Waals surface area (Å²) in [7, 11) is 1.52. The Morgan fingerprint density at radius 1 is 1.06 bits per heavy atom. The Bertz CT molecular complexity index is 1130. The van der Waals surface area contributed by atoms with Crippen LogP contribution in [0.25, 0.3) is 0 Å². The molecule has 2 N–H and O–H groups in total. The molecule has 0 unspecified atom stereocenters. The van der Waals surface area contributed by atoms with Crippen LogP contribution in [0.5, 0.6) is 11.5 Å². The Hall–Kier alpha value is -3.46. The number of ether oxygens (including phenoxy) is 2. The number of hydrogen-bond donors (Lipinski definition) is 2. The van der Waals surface area contributed by atoms with Crippen molar-refractivity contribution in [1.29, 1.82) is 0 Å². The predicted molar refractivity (Wildman–Crippen MR) is 130 cm³/mol. The number of unbranched alkanes of at least 4 members (excludes halogenated alkanes) is 1. The molecule has 8 nitrogen and oxygen atoms in total. The fourth-order valence-electron chi connectivity index (χ4n) is 3.15. The monoisotopic (exact) mass is 483 g/mol. The van der Waals surface area contributed by atoms with E-state index in [1.165, 1.54) is 18.9 Å². The highest BCUT2D eigenvalue weighted by molar-refractivity contribution is 7.98. The van der Waals surface area contributed by atoms with Crippen LogP contribution in [0.4, 0.5) is 0 Å². The summed E-state index contributed by atoms with van der Waals surface area (Å²) in [4.78, 5) is 26.2. The number of thioether (sulfide) groups is 1. The first-order valence-corrected chi connectivity index (χ1v) is 12.0. The number of nitrogens with zero attached hydrogens (tertiary/aromatic N) is 1. The van der Waals surface area contributed by atoms with Gasteiger partial charge in [-0.1, -0.05) is 30.6 Å². The second kappa shape index (κ2) is 12.1. The molecular formula is C25H29N3O5S.